The Morgan fingerprint density at radius 2 is 2.14 bits per heavy atom. The molecule has 4 heteroatoms. The van der Waals surface area contributed by atoms with Crippen molar-refractivity contribution < 1.29 is 19.0 Å². The molecule has 2 rings (SSSR count). The standard InChI is InChI=1S/C10H11FO3/c1-10(2)13-5-6-3-7(11)4-8(12)9(6)14-10/h3-4,12H,5H2,1-2H3. The van der Waals surface area contributed by atoms with Gasteiger partial charge in [0.15, 0.2) is 11.5 Å². The second-order valence-electron chi connectivity index (χ2n) is 3.70. The molecule has 0 spiro atoms. The van der Waals surface area contributed by atoms with E-state index in [0.29, 0.717) is 11.3 Å². The van der Waals surface area contributed by atoms with Crippen molar-refractivity contribution in [1.29, 1.82) is 0 Å². The SMILES string of the molecule is CC1(C)OCc2cc(F)cc(O)c2O1. The molecule has 0 fully saturated rings. The Balaban J connectivity index is 2.47. The first-order valence-corrected chi connectivity index (χ1v) is 4.32. The lowest BCUT2D eigenvalue weighted by atomic mass is 10.1. The summed E-state index contributed by atoms with van der Waals surface area (Å²) in [6.45, 7) is 3.71. The molecule has 1 heterocycles. The van der Waals surface area contributed by atoms with Crippen LogP contribution >= 0.6 is 0 Å². The van der Waals surface area contributed by atoms with Crippen molar-refractivity contribution in [2.75, 3.05) is 0 Å². The van der Waals surface area contributed by atoms with Crippen LogP contribution in [0, 0.1) is 5.82 Å². The third-order valence-corrected chi connectivity index (χ3v) is 2.03. The van der Waals surface area contributed by atoms with Crippen LogP contribution in [0.15, 0.2) is 12.1 Å². The fourth-order valence-electron chi connectivity index (χ4n) is 1.39. The smallest absolute Gasteiger partial charge is 0.205 e. The van der Waals surface area contributed by atoms with Gasteiger partial charge in [-0.2, -0.15) is 0 Å². The van der Waals surface area contributed by atoms with Crippen LogP contribution in [-0.2, 0) is 11.3 Å². The predicted molar refractivity (Wildman–Crippen MR) is 47.6 cm³/mol. The number of hydrogen-bond acceptors (Lipinski definition) is 3. The molecule has 1 N–H and O–H groups in total. The summed E-state index contributed by atoms with van der Waals surface area (Å²) in [5.41, 5.74) is 0.529. The summed E-state index contributed by atoms with van der Waals surface area (Å²) in [6.07, 6.45) is 0. The van der Waals surface area contributed by atoms with E-state index in [9.17, 15) is 9.50 Å². The third kappa shape index (κ3) is 1.53. The quantitative estimate of drug-likeness (QED) is 0.694. The van der Waals surface area contributed by atoms with Gasteiger partial charge in [-0.25, -0.2) is 4.39 Å². The van der Waals surface area contributed by atoms with Crippen LogP contribution in [-0.4, -0.2) is 10.9 Å². The normalized spacial score (nSPS) is 18.5. The molecule has 0 atom stereocenters. The second kappa shape index (κ2) is 2.85. The second-order valence-corrected chi connectivity index (χ2v) is 3.70. The van der Waals surface area contributed by atoms with Crippen LogP contribution in [0.3, 0.4) is 0 Å². The molecule has 0 saturated heterocycles. The van der Waals surface area contributed by atoms with Gasteiger partial charge < -0.3 is 14.6 Å². The molecular weight excluding hydrogens is 187 g/mol. The number of fused-ring (bicyclic) bond motifs is 1. The molecule has 0 unspecified atom stereocenters. The average molecular weight is 198 g/mol. The summed E-state index contributed by atoms with van der Waals surface area (Å²) < 4.78 is 23.5. The number of phenols is 1. The van der Waals surface area contributed by atoms with Crippen LogP contribution in [0.4, 0.5) is 4.39 Å². The number of benzene rings is 1. The number of phenolic OH excluding ortho intramolecular Hbond substituents is 1. The van der Waals surface area contributed by atoms with E-state index >= 15 is 0 Å². The topological polar surface area (TPSA) is 38.7 Å². The molecule has 1 aromatic carbocycles. The Bertz CT molecular complexity index is 374. The molecule has 1 aromatic rings. The van der Waals surface area contributed by atoms with E-state index in [-0.39, 0.29) is 12.4 Å². The first kappa shape index (κ1) is 9.27. The molecule has 0 radical (unpaired) electrons. The fourth-order valence-corrected chi connectivity index (χ4v) is 1.39. The van der Waals surface area contributed by atoms with Crippen molar-refractivity contribution in [2.24, 2.45) is 0 Å². The van der Waals surface area contributed by atoms with Crippen LogP contribution < -0.4 is 4.74 Å². The van der Waals surface area contributed by atoms with Gasteiger partial charge in [0.2, 0.25) is 5.79 Å². The van der Waals surface area contributed by atoms with Gasteiger partial charge in [-0.3, -0.25) is 0 Å². The molecular formula is C10H11FO3. The molecule has 0 bridgehead atoms. The zero-order chi connectivity index (χ0) is 10.3. The molecule has 0 saturated carbocycles. The lowest BCUT2D eigenvalue weighted by Crippen LogP contribution is -2.35. The predicted octanol–water partition coefficient (Wildman–Crippen LogP) is 2.18. The molecule has 0 aromatic heterocycles. The number of ether oxygens (including phenoxy) is 2. The Kier molecular flexibility index (Phi) is 1.89. The van der Waals surface area contributed by atoms with Crippen molar-refractivity contribution in [3.63, 3.8) is 0 Å². The Labute approximate surface area is 81.1 Å². The molecule has 1 aliphatic rings. The largest absolute Gasteiger partial charge is 0.504 e. The van der Waals surface area contributed by atoms with E-state index in [4.69, 9.17) is 9.47 Å². The summed E-state index contributed by atoms with van der Waals surface area (Å²) in [7, 11) is 0. The number of rotatable bonds is 0. The van der Waals surface area contributed by atoms with Gasteiger partial charge >= 0.3 is 0 Å². The number of aromatic hydroxyl groups is 1. The highest BCUT2D eigenvalue weighted by atomic mass is 19.1. The lowest BCUT2D eigenvalue weighted by molar-refractivity contribution is -0.181. The van der Waals surface area contributed by atoms with Gasteiger partial charge in [0, 0.05) is 25.5 Å². The highest BCUT2D eigenvalue weighted by Crippen LogP contribution is 2.38. The van der Waals surface area contributed by atoms with Crippen molar-refractivity contribution >= 4 is 0 Å². The van der Waals surface area contributed by atoms with Crippen molar-refractivity contribution in [1.82, 2.24) is 0 Å². The molecule has 0 aliphatic carbocycles. The van der Waals surface area contributed by atoms with Gasteiger partial charge in [0.05, 0.1) is 6.61 Å². The van der Waals surface area contributed by atoms with Crippen molar-refractivity contribution in [2.45, 2.75) is 26.2 Å². The summed E-state index contributed by atoms with van der Waals surface area (Å²) in [5, 5.41) is 9.45. The van der Waals surface area contributed by atoms with Crippen molar-refractivity contribution in [3.05, 3.63) is 23.5 Å². The maximum absolute atomic E-state index is 12.9. The zero-order valence-electron chi connectivity index (χ0n) is 8.00. The zero-order valence-corrected chi connectivity index (χ0v) is 8.00. The van der Waals surface area contributed by atoms with Crippen LogP contribution in [0.1, 0.15) is 19.4 Å². The van der Waals surface area contributed by atoms with Gasteiger partial charge in [0.1, 0.15) is 5.82 Å². The van der Waals surface area contributed by atoms with E-state index in [0.717, 1.165) is 6.07 Å². The highest BCUT2D eigenvalue weighted by molar-refractivity contribution is 5.46. The van der Waals surface area contributed by atoms with Gasteiger partial charge in [-0.15, -0.1) is 0 Å². The molecule has 76 valence electrons. The monoisotopic (exact) mass is 198 g/mol. The van der Waals surface area contributed by atoms with Crippen LogP contribution in [0.25, 0.3) is 0 Å². The maximum Gasteiger partial charge on any atom is 0.205 e. The third-order valence-electron chi connectivity index (χ3n) is 2.03. The summed E-state index contributed by atoms with van der Waals surface area (Å²) >= 11 is 0. The van der Waals surface area contributed by atoms with E-state index in [1.165, 1.54) is 6.07 Å². The maximum atomic E-state index is 12.9. The summed E-state index contributed by atoms with van der Waals surface area (Å²) in [6, 6.07) is 2.32. The minimum absolute atomic E-state index is 0.184. The first-order valence-electron chi connectivity index (χ1n) is 4.32. The van der Waals surface area contributed by atoms with Gasteiger partial charge in [0.25, 0.3) is 0 Å². The Hall–Kier alpha value is -1.29. The van der Waals surface area contributed by atoms with E-state index in [2.05, 4.69) is 0 Å². The molecule has 1 aliphatic heterocycles. The Morgan fingerprint density at radius 3 is 2.86 bits per heavy atom. The molecule has 14 heavy (non-hydrogen) atoms. The number of halogens is 1. The minimum atomic E-state index is -0.775. The van der Waals surface area contributed by atoms with Gasteiger partial charge in [-0.05, 0) is 6.07 Å². The van der Waals surface area contributed by atoms with Crippen LogP contribution in [0.5, 0.6) is 11.5 Å². The summed E-state index contributed by atoms with van der Waals surface area (Å²) in [4.78, 5) is 0. The lowest BCUT2D eigenvalue weighted by Gasteiger charge is -2.32. The van der Waals surface area contributed by atoms with Crippen molar-refractivity contribution in [3.8, 4) is 11.5 Å². The van der Waals surface area contributed by atoms with E-state index in [1.807, 2.05) is 0 Å². The van der Waals surface area contributed by atoms with Crippen LogP contribution in [0.2, 0.25) is 0 Å². The summed E-state index contributed by atoms with van der Waals surface area (Å²) in [5.74, 6) is -1.14. The fraction of sp³-hybridized carbons (Fsp3) is 0.400. The Morgan fingerprint density at radius 1 is 1.43 bits per heavy atom. The highest BCUT2D eigenvalue weighted by Gasteiger charge is 2.29. The number of hydrogen-bond donors (Lipinski definition) is 1. The van der Waals surface area contributed by atoms with E-state index < -0.39 is 11.6 Å². The molecule has 3 nitrogen and oxygen atoms in total. The van der Waals surface area contributed by atoms with Gasteiger partial charge in [-0.1, -0.05) is 0 Å². The average Bonchev–Trinajstić information content (AvgIpc) is 2.06. The molecule has 0 amide bonds. The minimum Gasteiger partial charge on any atom is -0.504 e. The van der Waals surface area contributed by atoms with E-state index in [1.54, 1.807) is 13.8 Å². The first-order chi connectivity index (χ1) is 6.48.